The fraction of sp³-hybridized carbons (Fsp3) is 0.359. The van der Waals surface area contributed by atoms with Crippen LogP contribution < -0.4 is 79.3 Å². The van der Waals surface area contributed by atoms with Gasteiger partial charge in [0, 0.05) is 164 Å². The summed E-state index contributed by atoms with van der Waals surface area (Å²) in [6.07, 6.45) is 37.2. The van der Waals surface area contributed by atoms with Crippen molar-refractivity contribution in [3.63, 3.8) is 0 Å². The number of nitrogens with one attached hydrogen (secondary N) is 14. The molecule has 6 aliphatic heterocycles. The Morgan fingerprint density at radius 2 is 0.731 bits per heavy atom. The van der Waals surface area contributed by atoms with E-state index in [-0.39, 0.29) is 72.1 Å². The molecular weight excluding hydrogens is 1980 g/mol. The number of rotatable bonds is 27. The molecule has 0 spiro atoms. The SMILES string of the molecule is C=C1NC(=O)C/C1=C\c1cnn2c(NC3CC3)cc(N3CC[C@H](O)C3)nc12.C=C1NC(=O)C/C1=C\c1cnn2c(NC3CC3)cc(NC3CCC(O)CC3)nc12.C=C1NC(=O)C/C1=C\c1cnn2c(NC3CC3)cc(NCc3cc(F)ccc3Br)nc12.C=C1NC(=O)C/C1=C\c1cnn2c(NC3CC3)cc(NCc3ccc(F)cc3Br)nc12.C[C@@H](Nc1cc(NC2CC2)n2ncc(/C=C3\CC(=O)NC3=O)c2n1)C1CC1. The molecule has 7 aliphatic carbocycles. The Hall–Kier alpha value is -15.0. The molecule has 6 saturated heterocycles. The Morgan fingerprint density at radius 1 is 0.386 bits per heavy atom. The molecule has 0 bridgehead atoms. The van der Waals surface area contributed by atoms with E-state index in [1.807, 2.05) is 63.7 Å². The van der Waals surface area contributed by atoms with Crippen LogP contribution >= 0.6 is 31.9 Å². The highest BCUT2D eigenvalue weighted by atomic mass is 79.9. The van der Waals surface area contributed by atoms with Crippen molar-refractivity contribution in [3.05, 3.63) is 234 Å². The summed E-state index contributed by atoms with van der Waals surface area (Å²) in [4.78, 5) is 95.9. The summed E-state index contributed by atoms with van der Waals surface area (Å²) >= 11 is 6.87. The van der Waals surface area contributed by atoms with Gasteiger partial charge in [-0.05, 0) is 216 Å². The minimum absolute atomic E-state index is 0.0383. The number of amides is 6. The van der Waals surface area contributed by atoms with E-state index < -0.39 is 0 Å². The van der Waals surface area contributed by atoms with Crippen molar-refractivity contribution in [2.24, 2.45) is 5.92 Å². The Labute approximate surface area is 847 Å². The third kappa shape index (κ3) is 23.3. The zero-order valence-corrected chi connectivity index (χ0v) is 82.8. The summed E-state index contributed by atoms with van der Waals surface area (Å²) in [6, 6.07) is 22.0. The molecule has 42 heteroatoms. The minimum Gasteiger partial charge on any atom is -0.393 e. The Balaban J connectivity index is 0.000000107. The van der Waals surface area contributed by atoms with Crippen molar-refractivity contribution in [3.8, 4) is 0 Å². The first kappa shape index (κ1) is 96.1. The number of nitrogens with zero attached hydrogens (tertiary/aromatic N) is 16. The number of β-amino-alcohol motifs (C(OH)–C–C–N with tert-alkyl or cyclic N) is 1. The molecule has 6 amide bonds. The topological polar surface area (TPSA) is 465 Å². The van der Waals surface area contributed by atoms with E-state index in [0.29, 0.717) is 149 Å². The lowest BCUT2D eigenvalue weighted by atomic mass is 9.93. The monoisotopic (exact) mass is 2090 g/mol. The van der Waals surface area contributed by atoms with E-state index in [4.69, 9.17) is 24.9 Å². The maximum absolute atomic E-state index is 13.6. The van der Waals surface area contributed by atoms with Gasteiger partial charge in [-0.25, -0.2) is 33.7 Å². The average molecular weight is 2090 g/mol. The fourth-order valence-corrected chi connectivity index (χ4v) is 18.9. The molecule has 2 aromatic carbocycles. The standard InChI is InChI=1S/2C22H20BrFN6O.C21H26N6O2.2C19H22N6O2/c1-12-13(8-21(31)27-12)6-15-11-26-30-20(28-17-3-4-17)9-19(29-22(15)30)25-10-14-7-16(24)2-5-18(14)23;1-12-14(7-21(31)27-12)6-15-11-26-30-20(28-17-4-5-17)9-19(29-22(15)30)25-10-13-2-3-16(24)8-18(13)23;1-12-13(9-20(29)23-12)8-14-11-22-27-19(25-16-2-3-16)10-18(26-21(14)27)24-15-4-6-17(28)7-5-15;1-11-12(7-18(27)21-11)6-13-9-20-25-17(22-14-2-3-14)8-16(23-19(13)25)24-5-4-15(26)10-24;1-10(11-2-3-11)21-15-8-16(22-14-4-5-14)25-18(23-15)13(9-20-25)6-12-7-17(26)24-19(12)27/h2,5-7,9,11,17,28H,1,3-4,8,10H2,(H,25,29)(H,27,31);2-3,6,8-9,11,17,28H,1,4-5,7,10H2,(H,25,29)(H,27,31);8,10-11,15-17,25,28H,1-7,9H2,(H,23,29)(H,24,26);6,8-9,14-15,22,26H,1-5,7,10H2,(H,21,27);6,8-11,14,22H,2-5,7H2,1H3,(H,21,23)(H,24,26,27)/b13-6+;14-6+;13-8+;2*12-6+/t;;;15-;10-/m...01/s1. The van der Waals surface area contributed by atoms with E-state index in [1.54, 1.807) is 62.7 Å². The molecule has 38 nitrogen and oxygen atoms in total. The maximum atomic E-state index is 13.6. The van der Waals surface area contributed by atoms with Crippen LogP contribution in [0.4, 0.5) is 67.0 Å². The van der Waals surface area contributed by atoms with Crippen molar-refractivity contribution < 1.29 is 47.8 Å². The predicted molar refractivity (Wildman–Crippen MR) is 557 cm³/mol. The molecule has 12 aromatic rings. The van der Waals surface area contributed by atoms with Gasteiger partial charge in [-0.1, -0.05) is 64.2 Å². The molecule has 16 N–H and O–H groups in total. The number of imide groups is 1. The smallest absolute Gasteiger partial charge is 0.254 e. The van der Waals surface area contributed by atoms with E-state index >= 15 is 0 Å². The largest absolute Gasteiger partial charge is 0.393 e. The van der Waals surface area contributed by atoms with E-state index in [2.05, 4.69) is 170 Å². The number of aliphatic hydroxyl groups is 2. The zero-order valence-electron chi connectivity index (χ0n) is 79.6. The predicted octanol–water partition coefficient (Wildman–Crippen LogP) is 14.1. The highest BCUT2D eigenvalue weighted by molar-refractivity contribution is 9.10. The molecule has 0 radical (unpaired) electrons. The molecular formula is C103H110Br2F2N30O8. The van der Waals surface area contributed by atoms with Crippen LogP contribution in [-0.4, -0.2) is 186 Å². The summed E-state index contributed by atoms with van der Waals surface area (Å²) in [7, 11) is 0. The first-order chi connectivity index (χ1) is 70.1. The lowest BCUT2D eigenvalue weighted by molar-refractivity contribution is -0.124. The Bertz CT molecular complexity index is 7440. The molecule has 748 valence electrons. The van der Waals surface area contributed by atoms with Gasteiger partial charge in [0.25, 0.3) is 5.91 Å². The van der Waals surface area contributed by atoms with Crippen molar-refractivity contribution >= 4 is 184 Å². The summed E-state index contributed by atoms with van der Waals surface area (Å²) < 4.78 is 37.5. The first-order valence-electron chi connectivity index (χ1n) is 49.2. The van der Waals surface area contributed by atoms with Crippen molar-refractivity contribution in [2.45, 2.75) is 216 Å². The number of allylic oxidation sites excluding steroid dienone is 4. The number of hydrogen-bond donors (Lipinski definition) is 16. The number of carbonyl (C=O) groups excluding carboxylic acids is 6. The van der Waals surface area contributed by atoms with Gasteiger partial charge in [-0.15, -0.1) is 0 Å². The molecule has 2 atom stereocenters. The Morgan fingerprint density at radius 3 is 1.11 bits per heavy atom. The van der Waals surface area contributed by atoms with Crippen LogP contribution in [-0.2, 0) is 41.9 Å². The number of hydrogen-bond acceptors (Lipinski definition) is 28. The second kappa shape index (κ2) is 41.0. The molecule has 13 fully saturated rings. The quantitative estimate of drug-likeness (QED) is 0.0168. The van der Waals surface area contributed by atoms with Crippen LogP contribution in [0.2, 0.25) is 0 Å². The number of aliphatic hydroxyl groups excluding tert-OH is 2. The highest BCUT2D eigenvalue weighted by Crippen LogP contribution is 2.40. The minimum atomic E-state index is -0.340. The summed E-state index contributed by atoms with van der Waals surface area (Å²) in [5.74, 6) is 7.46. The van der Waals surface area contributed by atoms with Gasteiger partial charge >= 0.3 is 0 Å². The molecule has 7 saturated carbocycles. The third-order valence-electron chi connectivity index (χ3n) is 27.0. The third-order valence-corrected chi connectivity index (χ3v) is 28.5. The van der Waals surface area contributed by atoms with Crippen LogP contribution in [0, 0.1) is 17.6 Å². The van der Waals surface area contributed by atoms with Gasteiger partial charge in [-0.3, -0.25) is 34.1 Å². The second-order valence-corrected chi connectivity index (χ2v) is 40.8. The first-order valence-corrected chi connectivity index (χ1v) is 50.8. The zero-order chi connectivity index (χ0) is 100. The number of carbonyl (C=O) groups is 6. The lowest BCUT2D eigenvalue weighted by Gasteiger charge is -2.26. The number of anilines is 10. The van der Waals surface area contributed by atoms with Crippen LogP contribution in [0.5, 0.6) is 0 Å². The number of fused-ring (bicyclic) bond motifs is 5. The van der Waals surface area contributed by atoms with Gasteiger partial charge in [0.2, 0.25) is 29.5 Å². The summed E-state index contributed by atoms with van der Waals surface area (Å²) in [5.41, 5.74) is 15.5. The highest BCUT2D eigenvalue weighted by Gasteiger charge is 2.35. The molecule has 16 heterocycles. The maximum Gasteiger partial charge on any atom is 0.254 e. The van der Waals surface area contributed by atoms with Crippen molar-refractivity contribution in [2.75, 3.05) is 65.8 Å². The molecule has 0 unspecified atom stereocenters. The van der Waals surface area contributed by atoms with Crippen LogP contribution in [0.15, 0.2) is 184 Å². The second-order valence-electron chi connectivity index (χ2n) is 39.1. The van der Waals surface area contributed by atoms with Crippen LogP contribution in [0.25, 0.3) is 58.6 Å². The number of benzene rings is 2. The lowest BCUT2D eigenvalue weighted by Crippen LogP contribution is -2.28. The van der Waals surface area contributed by atoms with E-state index in [9.17, 15) is 47.8 Å². The number of halogens is 4. The summed E-state index contributed by atoms with van der Waals surface area (Å²) in [6.45, 7) is 20.1. The van der Waals surface area contributed by atoms with Crippen LogP contribution in [0.3, 0.4) is 0 Å². The number of aromatic nitrogens is 15. The van der Waals surface area contributed by atoms with Gasteiger partial charge in [-0.2, -0.15) is 48.1 Å². The Kier molecular flexibility index (Phi) is 27.2. The van der Waals surface area contributed by atoms with E-state index in [1.165, 1.54) is 49.9 Å². The molecule has 13 aliphatic rings. The van der Waals surface area contributed by atoms with E-state index in [0.717, 1.165) is 214 Å². The summed E-state index contributed by atoms with van der Waals surface area (Å²) in [5, 5.41) is 86.6. The average Bonchev–Trinajstić information content (AvgIpc) is 1.66. The van der Waals surface area contributed by atoms with Gasteiger partial charge in [0.1, 0.15) is 69.8 Å². The van der Waals surface area contributed by atoms with Crippen molar-refractivity contribution in [1.82, 2.24) is 99.6 Å². The normalized spacial score (nSPS) is 21.4. The molecule has 145 heavy (non-hydrogen) atoms. The fourth-order valence-electron chi connectivity index (χ4n) is 18.0. The van der Waals surface area contributed by atoms with Crippen molar-refractivity contribution in [1.29, 1.82) is 0 Å². The van der Waals surface area contributed by atoms with Gasteiger partial charge < -0.3 is 84.2 Å². The van der Waals surface area contributed by atoms with Gasteiger partial charge in [0.15, 0.2) is 28.2 Å². The van der Waals surface area contributed by atoms with Gasteiger partial charge in [0.05, 0.1) is 75.3 Å². The molecule has 25 rings (SSSR count). The molecule has 10 aromatic heterocycles. The van der Waals surface area contributed by atoms with Crippen LogP contribution in [0.1, 0.15) is 187 Å².